The first-order valence-electron chi connectivity index (χ1n) is 9.38. The predicted molar refractivity (Wildman–Crippen MR) is 114 cm³/mol. The molecule has 3 aromatic rings. The summed E-state index contributed by atoms with van der Waals surface area (Å²) in [5, 5.41) is 9.35. The minimum Gasteiger partial charge on any atom is -0.335 e. The minimum atomic E-state index is 0.101. The van der Waals surface area contributed by atoms with Crippen LogP contribution in [0.15, 0.2) is 59.8 Å². The molecule has 0 aliphatic carbocycles. The molecular weight excluding hydrogens is 368 g/mol. The second-order valence-electron chi connectivity index (χ2n) is 7.12. The van der Waals surface area contributed by atoms with E-state index in [9.17, 15) is 4.79 Å². The van der Waals surface area contributed by atoms with E-state index in [1.165, 1.54) is 17.3 Å². The van der Waals surface area contributed by atoms with E-state index < -0.39 is 0 Å². The van der Waals surface area contributed by atoms with Gasteiger partial charge in [0.05, 0.1) is 5.75 Å². The Morgan fingerprint density at radius 2 is 1.86 bits per heavy atom. The predicted octanol–water partition coefficient (Wildman–Crippen LogP) is 4.32. The average molecular weight is 395 g/mol. The van der Waals surface area contributed by atoms with Crippen LogP contribution >= 0.6 is 11.8 Å². The number of aryl methyl sites for hydroxylation is 1. The molecule has 0 radical (unpaired) electrons. The van der Waals surface area contributed by atoms with Crippen LogP contribution in [-0.2, 0) is 18.4 Å². The Labute approximate surface area is 170 Å². The van der Waals surface area contributed by atoms with Gasteiger partial charge in [0.2, 0.25) is 5.91 Å². The molecule has 2 aromatic carbocycles. The quantitative estimate of drug-likeness (QED) is 0.560. The number of carbonyl (C=O) groups is 1. The number of nitrogens with zero attached hydrogens (tertiary/aromatic N) is 4. The van der Waals surface area contributed by atoms with Gasteiger partial charge >= 0.3 is 0 Å². The maximum Gasteiger partial charge on any atom is 0.233 e. The fourth-order valence-corrected chi connectivity index (χ4v) is 3.82. The van der Waals surface area contributed by atoms with Gasteiger partial charge in [0.1, 0.15) is 0 Å². The van der Waals surface area contributed by atoms with E-state index in [-0.39, 0.29) is 11.9 Å². The summed E-state index contributed by atoms with van der Waals surface area (Å²) in [4.78, 5) is 14.7. The average Bonchev–Trinajstić information content (AvgIpc) is 3.05. The highest BCUT2D eigenvalue weighted by atomic mass is 32.2. The molecule has 6 heteroatoms. The van der Waals surface area contributed by atoms with Crippen LogP contribution in [0.5, 0.6) is 0 Å². The molecule has 146 valence electrons. The zero-order valence-corrected chi connectivity index (χ0v) is 17.6. The molecule has 1 aromatic heterocycles. The van der Waals surface area contributed by atoms with Gasteiger partial charge in [-0.1, -0.05) is 65.9 Å². The Bertz CT molecular complexity index is 937. The van der Waals surface area contributed by atoms with E-state index in [0.29, 0.717) is 12.3 Å². The molecule has 0 saturated heterocycles. The topological polar surface area (TPSA) is 51.0 Å². The second-order valence-corrected chi connectivity index (χ2v) is 8.07. The van der Waals surface area contributed by atoms with E-state index in [1.807, 2.05) is 72.8 Å². The van der Waals surface area contributed by atoms with Gasteiger partial charge in [0, 0.05) is 25.2 Å². The van der Waals surface area contributed by atoms with Crippen LogP contribution in [0.25, 0.3) is 11.4 Å². The third-order valence-corrected chi connectivity index (χ3v) is 5.58. The molecule has 1 amide bonds. The molecule has 1 heterocycles. The Hall–Kier alpha value is -2.60. The monoisotopic (exact) mass is 394 g/mol. The fourth-order valence-electron chi connectivity index (χ4n) is 3.02. The summed E-state index contributed by atoms with van der Waals surface area (Å²) >= 11 is 1.43. The Morgan fingerprint density at radius 3 is 2.54 bits per heavy atom. The van der Waals surface area contributed by atoms with Crippen molar-refractivity contribution in [2.24, 2.45) is 7.05 Å². The Morgan fingerprint density at radius 1 is 1.11 bits per heavy atom. The number of rotatable bonds is 7. The summed E-state index contributed by atoms with van der Waals surface area (Å²) in [6.45, 7) is 6.76. The molecule has 0 N–H and O–H groups in total. The highest BCUT2D eigenvalue weighted by Crippen LogP contribution is 2.24. The molecule has 0 saturated carbocycles. The SMILES string of the molecule is Cc1cccc(-c2nnc(SCC(=O)N(Cc3ccccc3)C(C)C)n2C)c1. The zero-order valence-electron chi connectivity index (χ0n) is 16.8. The molecule has 0 bridgehead atoms. The van der Waals surface area contributed by atoms with Crippen molar-refractivity contribution in [1.82, 2.24) is 19.7 Å². The third-order valence-electron chi connectivity index (χ3n) is 4.58. The molecule has 0 unspecified atom stereocenters. The van der Waals surface area contributed by atoms with Crippen LogP contribution in [0.3, 0.4) is 0 Å². The number of hydrogen-bond acceptors (Lipinski definition) is 4. The number of benzene rings is 2. The van der Waals surface area contributed by atoms with E-state index >= 15 is 0 Å². The molecule has 5 nitrogen and oxygen atoms in total. The largest absolute Gasteiger partial charge is 0.335 e. The normalized spacial score (nSPS) is 11.0. The summed E-state index contributed by atoms with van der Waals surface area (Å²) in [5.74, 6) is 1.25. The van der Waals surface area contributed by atoms with Gasteiger partial charge in [-0.3, -0.25) is 4.79 Å². The van der Waals surface area contributed by atoms with Crippen molar-refractivity contribution in [2.75, 3.05) is 5.75 Å². The number of carbonyl (C=O) groups excluding carboxylic acids is 1. The summed E-state index contributed by atoms with van der Waals surface area (Å²) < 4.78 is 1.95. The number of aromatic nitrogens is 3. The number of thioether (sulfide) groups is 1. The van der Waals surface area contributed by atoms with Crippen molar-refractivity contribution >= 4 is 17.7 Å². The van der Waals surface area contributed by atoms with Gasteiger partial charge in [0.15, 0.2) is 11.0 Å². The van der Waals surface area contributed by atoms with E-state index in [1.54, 1.807) is 0 Å². The lowest BCUT2D eigenvalue weighted by Crippen LogP contribution is -2.37. The lowest BCUT2D eigenvalue weighted by atomic mass is 10.1. The van der Waals surface area contributed by atoms with Crippen molar-refractivity contribution in [3.05, 3.63) is 65.7 Å². The van der Waals surface area contributed by atoms with Crippen LogP contribution in [0.1, 0.15) is 25.0 Å². The molecule has 28 heavy (non-hydrogen) atoms. The number of hydrogen-bond donors (Lipinski definition) is 0. The standard InChI is InChI=1S/C22H26N4OS/c1-16(2)26(14-18-10-6-5-7-11-18)20(27)15-28-22-24-23-21(25(22)4)19-12-8-9-17(3)13-19/h5-13,16H,14-15H2,1-4H3. The van der Waals surface area contributed by atoms with Crippen LogP contribution in [0.4, 0.5) is 0 Å². The van der Waals surface area contributed by atoms with Gasteiger partial charge in [-0.2, -0.15) is 0 Å². The molecule has 0 atom stereocenters. The first kappa shape index (κ1) is 20.1. The maximum atomic E-state index is 12.8. The maximum absolute atomic E-state index is 12.8. The second kappa shape index (κ2) is 9.06. The minimum absolute atomic E-state index is 0.101. The van der Waals surface area contributed by atoms with Crippen molar-refractivity contribution < 1.29 is 4.79 Å². The van der Waals surface area contributed by atoms with E-state index in [0.717, 1.165) is 22.1 Å². The molecule has 3 rings (SSSR count). The smallest absolute Gasteiger partial charge is 0.233 e. The van der Waals surface area contributed by atoms with Gasteiger partial charge in [-0.05, 0) is 32.4 Å². The third kappa shape index (κ3) is 4.81. The van der Waals surface area contributed by atoms with Crippen LogP contribution in [-0.4, -0.2) is 37.4 Å². The summed E-state index contributed by atoms with van der Waals surface area (Å²) in [5.41, 5.74) is 3.34. The van der Waals surface area contributed by atoms with E-state index in [4.69, 9.17) is 0 Å². The van der Waals surface area contributed by atoms with Gasteiger partial charge in [-0.25, -0.2) is 0 Å². The molecule has 0 spiro atoms. The highest BCUT2D eigenvalue weighted by Gasteiger charge is 2.19. The lowest BCUT2D eigenvalue weighted by Gasteiger charge is -2.26. The fraction of sp³-hybridized carbons (Fsp3) is 0.318. The molecule has 0 fully saturated rings. The van der Waals surface area contributed by atoms with Gasteiger partial charge in [-0.15, -0.1) is 10.2 Å². The first-order valence-corrected chi connectivity index (χ1v) is 10.4. The summed E-state index contributed by atoms with van der Waals surface area (Å²) in [7, 11) is 1.94. The van der Waals surface area contributed by atoms with Crippen molar-refractivity contribution in [3.63, 3.8) is 0 Å². The zero-order chi connectivity index (χ0) is 20.1. The Balaban J connectivity index is 1.68. The van der Waals surface area contributed by atoms with Gasteiger partial charge in [0.25, 0.3) is 0 Å². The van der Waals surface area contributed by atoms with Crippen LogP contribution in [0.2, 0.25) is 0 Å². The van der Waals surface area contributed by atoms with Crippen LogP contribution in [0, 0.1) is 6.92 Å². The first-order chi connectivity index (χ1) is 13.5. The molecular formula is C22H26N4OS. The highest BCUT2D eigenvalue weighted by molar-refractivity contribution is 7.99. The van der Waals surface area contributed by atoms with Crippen LogP contribution < -0.4 is 0 Å². The van der Waals surface area contributed by atoms with Crippen molar-refractivity contribution in [1.29, 1.82) is 0 Å². The van der Waals surface area contributed by atoms with E-state index in [2.05, 4.69) is 29.3 Å². The van der Waals surface area contributed by atoms with Crippen molar-refractivity contribution in [3.8, 4) is 11.4 Å². The molecule has 0 aliphatic rings. The molecule has 0 aliphatic heterocycles. The summed E-state index contributed by atoms with van der Waals surface area (Å²) in [6, 6.07) is 18.4. The van der Waals surface area contributed by atoms with Crippen molar-refractivity contribution in [2.45, 2.75) is 38.5 Å². The summed E-state index contributed by atoms with van der Waals surface area (Å²) in [6.07, 6.45) is 0. The lowest BCUT2D eigenvalue weighted by molar-refractivity contribution is -0.130. The Kier molecular flexibility index (Phi) is 6.52. The van der Waals surface area contributed by atoms with Gasteiger partial charge < -0.3 is 9.47 Å². The number of amides is 1.